The van der Waals surface area contributed by atoms with Crippen molar-refractivity contribution in [3.8, 4) is 16.9 Å². The van der Waals surface area contributed by atoms with Gasteiger partial charge in [0.2, 0.25) is 0 Å². The summed E-state index contributed by atoms with van der Waals surface area (Å²) in [5, 5.41) is 0. The molecule has 0 unspecified atom stereocenters. The van der Waals surface area contributed by atoms with Crippen LogP contribution in [-0.2, 0) is 21.4 Å². The SMILES string of the molecule is COC(=O)c1c(NS(=O)(=O)c2ccc(F)cc2C=CCN2CCC2)ccc2c1OCc1occc1-2. The molecule has 10 heteroatoms. The molecule has 2 aromatic carbocycles. The third-order valence-corrected chi connectivity index (χ3v) is 7.49. The minimum absolute atomic E-state index is 0.0117. The predicted molar refractivity (Wildman–Crippen MR) is 127 cm³/mol. The molecule has 1 N–H and O–H groups in total. The first kappa shape index (κ1) is 23.1. The van der Waals surface area contributed by atoms with Gasteiger partial charge >= 0.3 is 5.97 Å². The fourth-order valence-corrected chi connectivity index (χ4v) is 5.41. The smallest absolute Gasteiger partial charge is 0.343 e. The lowest BCUT2D eigenvalue weighted by Crippen LogP contribution is -2.36. The van der Waals surface area contributed by atoms with Crippen molar-refractivity contribution in [3.63, 3.8) is 0 Å². The van der Waals surface area contributed by atoms with Crippen molar-refractivity contribution < 1.29 is 31.5 Å². The first-order chi connectivity index (χ1) is 16.9. The van der Waals surface area contributed by atoms with E-state index in [9.17, 15) is 17.6 Å². The Morgan fingerprint density at radius 2 is 2.03 bits per heavy atom. The molecular weight excluding hydrogens is 475 g/mol. The van der Waals surface area contributed by atoms with Crippen LogP contribution in [0.15, 0.2) is 58.1 Å². The fraction of sp³-hybridized carbons (Fsp3) is 0.240. The number of furan rings is 1. The van der Waals surface area contributed by atoms with Gasteiger partial charge in [-0.15, -0.1) is 0 Å². The van der Waals surface area contributed by atoms with E-state index >= 15 is 0 Å². The number of methoxy groups -OCH3 is 1. The van der Waals surface area contributed by atoms with Gasteiger partial charge in [-0.05, 0) is 61.5 Å². The van der Waals surface area contributed by atoms with Crippen LogP contribution in [0.2, 0.25) is 0 Å². The molecule has 182 valence electrons. The molecule has 0 atom stereocenters. The molecule has 2 aliphatic heterocycles. The topological polar surface area (TPSA) is 98.1 Å². The van der Waals surface area contributed by atoms with Gasteiger partial charge in [0.1, 0.15) is 29.5 Å². The molecule has 1 saturated heterocycles. The monoisotopic (exact) mass is 498 g/mol. The average molecular weight is 499 g/mol. The van der Waals surface area contributed by atoms with Gasteiger partial charge in [-0.25, -0.2) is 17.6 Å². The number of hydrogen-bond donors (Lipinski definition) is 1. The van der Waals surface area contributed by atoms with Crippen LogP contribution in [0.5, 0.6) is 5.75 Å². The molecule has 5 rings (SSSR count). The number of nitrogens with zero attached hydrogens (tertiary/aromatic N) is 1. The number of ether oxygens (including phenoxy) is 2. The molecule has 3 heterocycles. The number of halogens is 1. The van der Waals surface area contributed by atoms with Crippen molar-refractivity contribution in [1.29, 1.82) is 0 Å². The standard InChI is InChI=1S/C25H23FN2O6S/c1-32-25(29)23-20(7-6-19-18-9-13-33-21(18)15-34-24(19)23)27-35(30,31)22-8-5-17(26)14-16(22)4-2-10-28-11-3-12-28/h2,4-9,13-14,27H,3,10-12,15H2,1H3. The summed E-state index contributed by atoms with van der Waals surface area (Å²) in [6.07, 6.45) is 6.05. The summed E-state index contributed by atoms with van der Waals surface area (Å²) < 4.78 is 59.3. The minimum atomic E-state index is -4.21. The average Bonchev–Trinajstić information content (AvgIpc) is 3.29. The molecule has 3 aromatic rings. The summed E-state index contributed by atoms with van der Waals surface area (Å²) in [4.78, 5) is 14.8. The van der Waals surface area contributed by atoms with Gasteiger partial charge in [0.25, 0.3) is 10.0 Å². The zero-order valence-corrected chi connectivity index (χ0v) is 19.7. The molecule has 1 aromatic heterocycles. The van der Waals surface area contributed by atoms with E-state index in [1.165, 1.54) is 31.6 Å². The first-order valence-corrected chi connectivity index (χ1v) is 12.5. The van der Waals surface area contributed by atoms with Crippen molar-refractivity contribution in [1.82, 2.24) is 4.90 Å². The van der Waals surface area contributed by atoms with Gasteiger partial charge < -0.3 is 13.9 Å². The molecule has 0 spiro atoms. The Morgan fingerprint density at radius 3 is 2.77 bits per heavy atom. The quantitative estimate of drug-likeness (QED) is 0.486. The number of carbonyl (C=O) groups excluding carboxylic acids is 1. The van der Waals surface area contributed by atoms with Crippen molar-refractivity contribution in [2.45, 2.75) is 17.9 Å². The summed E-state index contributed by atoms with van der Waals surface area (Å²) in [5.74, 6) is -0.525. The van der Waals surface area contributed by atoms with Crippen LogP contribution >= 0.6 is 0 Å². The van der Waals surface area contributed by atoms with E-state index in [0.29, 0.717) is 17.9 Å². The maximum atomic E-state index is 14.0. The molecule has 0 amide bonds. The minimum Gasteiger partial charge on any atom is -0.484 e. The first-order valence-electron chi connectivity index (χ1n) is 11.0. The number of hydrogen-bond acceptors (Lipinski definition) is 7. The van der Waals surface area contributed by atoms with E-state index in [1.54, 1.807) is 18.2 Å². The van der Waals surface area contributed by atoms with Crippen molar-refractivity contribution in [2.75, 3.05) is 31.5 Å². The number of carbonyl (C=O) groups is 1. The Hall–Kier alpha value is -3.63. The highest BCUT2D eigenvalue weighted by molar-refractivity contribution is 7.92. The number of sulfonamides is 1. The molecule has 8 nitrogen and oxygen atoms in total. The van der Waals surface area contributed by atoms with Crippen LogP contribution in [0.25, 0.3) is 17.2 Å². The van der Waals surface area contributed by atoms with Crippen LogP contribution in [0.1, 0.15) is 28.1 Å². The largest absolute Gasteiger partial charge is 0.484 e. The summed E-state index contributed by atoms with van der Waals surface area (Å²) in [7, 11) is -3.01. The Morgan fingerprint density at radius 1 is 1.20 bits per heavy atom. The summed E-state index contributed by atoms with van der Waals surface area (Å²) >= 11 is 0. The van der Waals surface area contributed by atoms with Gasteiger partial charge in [-0.3, -0.25) is 9.62 Å². The third kappa shape index (κ3) is 4.42. The Bertz CT molecular complexity index is 1430. The summed E-state index contributed by atoms with van der Waals surface area (Å²) in [6.45, 7) is 2.70. The van der Waals surface area contributed by atoms with Crippen molar-refractivity contribution >= 4 is 27.8 Å². The third-order valence-electron chi connectivity index (χ3n) is 6.05. The van der Waals surface area contributed by atoms with Gasteiger partial charge in [-0.2, -0.15) is 0 Å². The number of benzene rings is 2. The van der Waals surface area contributed by atoms with Gasteiger partial charge in [0, 0.05) is 17.7 Å². The molecular formula is C25H23FN2O6S. The van der Waals surface area contributed by atoms with Gasteiger partial charge in [0.05, 0.1) is 24.0 Å². The van der Waals surface area contributed by atoms with Gasteiger partial charge in [-0.1, -0.05) is 12.2 Å². The number of likely N-dealkylation sites (tertiary alicyclic amines) is 1. The molecule has 0 radical (unpaired) electrons. The zero-order valence-electron chi connectivity index (χ0n) is 18.9. The number of anilines is 1. The molecule has 35 heavy (non-hydrogen) atoms. The van der Waals surface area contributed by atoms with Crippen LogP contribution in [0.3, 0.4) is 0 Å². The lowest BCUT2D eigenvalue weighted by atomic mass is 9.98. The van der Waals surface area contributed by atoms with Crippen LogP contribution in [0, 0.1) is 5.82 Å². The van der Waals surface area contributed by atoms with E-state index in [2.05, 4.69) is 9.62 Å². The van der Waals surface area contributed by atoms with Gasteiger partial charge in [0.15, 0.2) is 0 Å². The highest BCUT2D eigenvalue weighted by Gasteiger charge is 2.30. The number of nitrogens with one attached hydrogen (secondary N) is 1. The molecule has 2 aliphatic rings. The summed E-state index contributed by atoms with van der Waals surface area (Å²) in [6, 6.07) is 8.31. The van der Waals surface area contributed by atoms with E-state index in [0.717, 1.165) is 31.1 Å². The van der Waals surface area contributed by atoms with E-state index < -0.39 is 21.8 Å². The second-order valence-corrected chi connectivity index (χ2v) is 9.90. The van der Waals surface area contributed by atoms with Crippen molar-refractivity contribution in [3.05, 3.63) is 71.4 Å². The van der Waals surface area contributed by atoms with E-state index in [1.807, 2.05) is 6.08 Å². The lowest BCUT2D eigenvalue weighted by molar-refractivity contribution is 0.0596. The van der Waals surface area contributed by atoms with Crippen LogP contribution < -0.4 is 9.46 Å². The Balaban J connectivity index is 1.52. The maximum Gasteiger partial charge on any atom is 0.343 e. The van der Waals surface area contributed by atoms with E-state index in [4.69, 9.17) is 13.9 Å². The second-order valence-electron chi connectivity index (χ2n) is 8.25. The lowest BCUT2D eigenvalue weighted by Gasteiger charge is -2.29. The molecule has 1 fully saturated rings. The normalized spacial score (nSPS) is 15.1. The maximum absolute atomic E-state index is 14.0. The molecule has 0 saturated carbocycles. The van der Waals surface area contributed by atoms with Crippen molar-refractivity contribution in [2.24, 2.45) is 0 Å². The predicted octanol–water partition coefficient (Wildman–Crippen LogP) is 4.28. The zero-order chi connectivity index (χ0) is 24.6. The number of rotatable bonds is 7. The second kappa shape index (κ2) is 9.20. The number of esters is 1. The summed E-state index contributed by atoms with van der Waals surface area (Å²) in [5.41, 5.74) is 1.47. The molecule has 0 aliphatic carbocycles. The molecule has 0 bridgehead atoms. The highest BCUT2D eigenvalue weighted by Crippen LogP contribution is 2.43. The van der Waals surface area contributed by atoms with Crippen LogP contribution in [0.4, 0.5) is 10.1 Å². The highest BCUT2D eigenvalue weighted by atomic mass is 32.2. The fourth-order valence-electron chi connectivity index (χ4n) is 4.15. The Labute approximate surface area is 202 Å². The van der Waals surface area contributed by atoms with E-state index in [-0.39, 0.29) is 34.1 Å². The van der Waals surface area contributed by atoms with Crippen LogP contribution in [-0.4, -0.2) is 46.0 Å². The Kier molecular flexibility index (Phi) is 6.08. The number of fused-ring (bicyclic) bond motifs is 3.